The molecular formula is C25H17BrCl2N2O4S. The Kier molecular flexibility index (Phi) is 8.18. The number of benzene rings is 3. The van der Waals surface area contributed by atoms with E-state index in [-0.39, 0.29) is 11.4 Å². The number of carbonyl (C=O) groups is 3. The van der Waals surface area contributed by atoms with Crippen LogP contribution in [-0.4, -0.2) is 28.5 Å². The zero-order valence-electron chi connectivity index (χ0n) is 18.0. The van der Waals surface area contributed by atoms with Crippen LogP contribution in [0.1, 0.15) is 11.1 Å². The van der Waals surface area contributed by atoms with Crippen LogP contribution in [0.3, 0.4) is 0 Å². The lowest BCUT2D eigenvalue weighted by molar-refractivity contribution is -0.127. The van der Waals surface area contributed by atoms with Gasteiger partial charge in [0.25, 0.3) is 11.1 Å². The third kappa shape index (κ3) is 6.67. The summed E-state index contributed by atoms with van der Waals surface area (Å²) in [6.07, 6.45) is 1.61. The van der Waals surface area contributed by atoms with Gasteiger partial charge in [0, 0.05) is 15.7 Å². The topological polar surface area (TPSA) is 75.7 Å². The molecule has 0 saturated carbocycles. The largest absolute Gasteiger partial charge is 0.488 e. The summed E-state index contributed by atoms with van der Waals surface area (Å²) >= 11 is 16.0. The van der Waals surface area contributed by atoms with E-state index in [2.05, 4.69) is 21.2 Å². The standard InChI is InChI=1S/C25H17BrCl2N2O4S/c26-20-11-16(3-10-21(20)34-14-15-1-4-17(27)5-2-15)12-22-24(32)30(25(33)35-22)13-23(31)29-19-8-6-18(28)7-9-19/h1-12H,13-14H2,(H,29,31)/b22-12+. The van der Waals surface area contributed by atoms with Crippen molar-refractivity contribution in [3.8, 4) is 5.75 Å². The SMILES string of the molecule is O=C(CN1C(=O)S/C(=C/c2ccc(OCc3ccc(Cl)cc3)c(Br)c2)C1=O)Nc1ccc(Cl)cc1. The minimum absolute atomic E-state index is 0.232. The van der Waals surface area contributed by atoms with Crippen LogP contribution in [0.5, 0.6) is 5.75 Å². The first kappa shape index (κ1) is 25.3. The Morgan fingerprint density at radius 2 is 1.66 bits per heavy atom. The van der Waals surface area contributed by atoms with Crippen LogP contribution in [0.15, 0.2) is 76.1 Å². The Hall–Kier alpha value is -2.78. The molecule has 178 valence electrons. The summed E-state index contributed by atoms with van der Waals surface area (Å²) in [6.45, 7) is -0.0160. The highest BCUT2D eigenvalue weighted by molar-refractivity contribution is 9.10. The van der Waals surface area contributed by atoms with Crippen LogP contribution in [0, 0.1) is 0 Å². The van der Waals surface area contributed by atoms with Crippen molar-refractivity contribution in [2.24, 2.45) is 0 Å². The molecule has 1 saturated heterocycles. The summed E-state index contributed by atoms with van der Waals surface area (Å²) in [5, 5.41) is 3.33. The normalized spacial score (nSPS) is 14.5. The molecule has 3 aromatic rings. The third-order valence-corrected chi connectivity index (χ3v) is 6.90. The maximum absolute atomic E-state index is 12.8. The Balaban J connectivity index is 1.39. The van der Waals surface area contributed by atoms with Gasteiger partial charge in [0.05, 0.1) is 9.38 Å². The molecule has 6 nitrogen and oxygen atoms in total. The van der Waals surface area contributed by atoms with Crippen LogP contribution in [0.25, 0.3) is 6.08 Å². The van der Waals surface area contributed by atoms with Gasteiger partial charge in [-0.05, 0) is 93.4 Å². The lowest BCUT2D eigenvalue weighted by Gasteiger charge is -2.12. The zero-order valence-corrected chi connectivity index (χ0v) is 21.9. The molecule has 1 aliphatic heterocycles. The van der Waals surface area contributed by atoms with Crippen LogP contribution >= 0.6 is 50.9 Å². The fourth-order valence-corrected chi connectivity index (χ4v) is 4.73. The highest BCUT2D eigenvalue weighted by Gasteiger charge is 2.36. The molecule has 1 heterocycles. The van der Waals surface area contributed by atoms with E-state index in [1.807, 2.05) is 12.1 Å². The van der Waals surface area contributed by atoms with E-state index in [0.29, 0.717) is 38.1 Å². The van der Waals surface area contributed by atoms with Gasteiger partial charge in [-0.2, -0.15) is 0 Å². The molecule has 1 fully saturated rings. The second-order valence-electron chi connectivity index (χ2n) is 7.43. The molecule has 0 radical (unpaired) electrons. The molecule has 0 atom stereocenters. The van der Waals surface area contributed by atoms with E-state index >= 15 is 0 Å². The molecule has 3 aromatic carbocycles. The average Bonchev–Trinajstić information content (AvgIpc) is 3.08. The van der Waals surface area contributed by atoms with Gasteiger partial charge in [-0.15, -0.1) is 0 Å². The molecule has 0 aliphatic carbocycles. The molecule has 0 aromatic heterocycles. The number of hydrogen-bond acceptors (Lipinski definition) is 5. The monoisotopic (exact) mass is 590 g/mol. The van der Waals surface area contributed by atoms with Crippen LogP contribution < -0.4 is 10.1 Å². The Bertz CT molecular complexity index is 1310. The first-order chi connectivity index (χ1) is 16.8. The van der Waals surface area contributed by atoms with Gasteiger partial charge >= 0.3 is 0 Å². The molecule has 1 N–H and O–H groups in total. The molecule has 0 spiro atoms. The maximum atomic E-state index is 12.8. The first-order valence-corrected chi connectivity index (χ1v) is 12.6. The first-order valence-electron chi connectivity index (χ1n) is 10.3. The molecule has 3 amide bonds. The van der Waals surface area contributed by atoms with Crippen molar-refractivity contribution in [1.82, 2.24) is 4.90 Å². The maximum Gasteiger partial charge on any atom is 0.294 e. The second-order valence-corrected chi connectivity index (χ2v) is 10.1. The van der Waals surface area contributed by atoms with Crippen molar-refractivity contribution >= 4 is 79.7 Å². The highest BCUT2D eigenvalue weighted by atomic mass is 79.9. The molecule has 35 heavy (non-hydrogen) atoms. The van der Waals surface area contributed by atoms with E-state index < -0.39 is 17.1 Å². The van der Waals surface area contributed by atoms with Crippen LogP contribution in [0.2, 0.25) is 10.0 Å². The fourth-order valence-electron chi connectivity index (χ4n) is 3.13. The molecule has 0 bridgehead atoms. The minimum Gasteiger partial charge on any atom is -0.488 e. The molecular weight excluding hydrogens is 575 g/mol. The summed E-state index contributed by atoms with van der Waals surface area (Å²) in [7, 11) is 0. The number of hydrogen-bond donors (Lipinski definition) is 1. The number of rotatable bonds is 7. The molecule has 0 unspecified atom stereocenters. The number of ether oxygens (including phenoxy) is 1. The number of nitrogens with zero attached hydrogens (tertiary/aromatic N) is 1. The van der Waals surface area contributed by atoms with Crippen molar-refractivity contribution in [2.45, 2.75) is 6.61 Å². The van der Waals surface area contributed by atoms with Crippen molar-refractivity contribution < 1.29 is 19.1 Å². The number of thioether (sulfide) groups is 1. The van der Waals surface area contributed by atoms with Crippen LogP contribution in [0.4, 0.5) is 10.5 Å². The number of amides is 3. The van der Waals surface area contributed by atoms with Crippen molar-refractivity contribution in [2.75, 3.05) is 11.9 Å². The summed E-state index contributed by atoms with van der Waals surface area (Å²) in [6, 6.07) is 19.2. The number of halogens is 3. The van der Waals surface area contributed by atoms with Crippen LogP contribution in [-0.2, 0) is 16.2 Å². The Morgan fingerprint density at radius 1 is 1.00 bits per heavy atom. The van der Waals surface area contributed by atoms with Gasteiger partial charge in [0.15, 0.2) is 0 Å². The van der Waals surface area contributed by atoms with Gasteiger partial charge in [-0.25, -0.2) is 0 Å². The predicted molar refractivity (Wildman–Crippen MR) is 143 cm³/mol. The smallest absolute Gasteiger partial charge is 0.294 e. The highest BCUT2D eigenvalue weighted by Crippen LogP contribution is 2.34. The summed E-state index contributed by atoms with van der Waals surface area (Å²) in [4.78, 5) is 38.6. The van der Waals surface area contributed by atoms with E-state index in [1.54, 1.807) is 60.7 Å². The van der Waals surface area contributed by atoms with Crippen molar-refractivity contribution in [3.05, 3.63) is 97.3 Å². The Morgan fingerprint density at radius 3 is 2.31 bits per heavy atom. The molecule has 10 heteroatoms. The van der Waals surface area contributed by atoms with Crippen molar-refractivity contribution in [3.63, 3.8) is 0 Å². The van der Waals surface area contributed by atoms with Gasteiger partial charge in [0.2, 0.25) is 5.91 Å². The second kappa shape index (κ2) is 11.3. The van der Waals surface area contributed by atoms with Gasteiger partial charge in [-0.1, -0.05) is 41.4 Å². The summed E-state index contributed by atoms with van der Waals surface area (Å²) < 4.78 is 6.54. The van der Waals surface area contributed by atoms with Gasteiger partial charge in [0.1, 0.15) is 18.9 Å². The lowest BCUT2D eigenvalue weighted by atomic mass is 10.2. The predicted octanol–water partition coefficient (Wildman–Crippen LogP) is 7.01. The van der Waals surface area contributed by atoms with E-state index in [1.165, 1.54) is 0 Å². The molecule has 1 aliphatic rings. The number of carbonyl (C=O) groups excluding carboxylic acids is 3. The number of anilines is 1. The van der Waals surface area contributed by atoms with E-state index in [0.717, 1.165) is 22.2 Å². The number of imide groups is 1. The fraction of sp³-hybridized carbons (Fsp3) is 0.0800. The third-order valence-electron chi connectivity index (χ3n) is 4.86. The summed E-state index contributed by atoms with van der Waals surface area (Å²) in [5.74, 6) is -0.379. The van der Waals surface area contributed by atoms with E-state index in [9.17, 15) is 14.4 Å². The quantitative estimate of drug-likeness (QED) is 0.299. The van der Waals surface area contributed by atoms with Crippen molar-refractivity contribution in [1.29, 1.82) is 0 Å². The molecule has 4 rings (SSSR count). The zero-order chi connectivity index (χ0) is 24.9. The Labute approximate surface area is 224 Å². The minimum atomic E-state index is -0.523. The van der Waals surface area contributed by atoms with Gasteiger partial charge in [-0.3, -0.25) is 19.3 Å². The average molecular weight is 592 g/mol. The number of nitrogens with one attached hydrogen (secondary N) is 1. The lowest BCUT2D eigenvalue weighted by Crippen LogP contribution is -2.36. The van der Waals surface area contributed by atoms with Gasteiger partial charge < -0.3 is 10.1 Å². The summed E-state index contributed by atoms with van der Waals surface area (Å²) in [5.41, 5.74) is 2.19. The van der Waals surface area contributed by atoms with E-state index in [4.69, 9.17) is 27.9 Å².